The Hall–Kier alpha value is -6.02. The van der Waals surface area contributed by atoms with E-state index in [2.05, 4.69) is 21.7 Å². The van der Waals surface area contributed by atoms with Gasteiger partial charge in [0.05, 0.1) is 47.2 Å². The third-order valence-electron chi connectivity index (χ3n) is 11.4. The van der Waals surface area contributed by atoms with Gasteiger partial charge < -0.3 is 28.7 Å². The summed E-state index contributed by atoms with van der Waals surface area (Å²) < 4.78 is 83.0. The summed E-state index contributed by atoms with van der Waals surface area (Å²) in [7, 11) is 6.52. The van der Waals surface area contributed by atoms with Gasteiger partial charge in [0.1, 0.15) is 23.0 Å². The Bertz CT molecular complexity index is 2710. The van der Waals surface area contributed by atoms with Crippen LogP contribution in [0.3, 0.4) is 0 Å². The number of sulfonamides is 2. The first-order valence-corrected chi connectivity index (χ1v) is 25.8. The average Bonchev–Trinajstić information content (AvgIpc) is 4.00. The Labute approximate surface area is 415 Å². The zero-order valence-corrected chi connectivity index (χ0v) is 44.1. The standard InChI is InChI=1S/C26H36N4O4S.C26H34N4O4S/c2*1-20(2)25-17-26(27-30(25)16-15-28(3)4)35(31,32)29(18-21-7-11-23(33-5)12-8-21)19-22-9-13-24(34-6)14-10-22/h7-14,17,20H,15-16,18-19H2,1-6H3;7-14,17H,1,15-16,18-19H2,2-6H3. The lowest BCUT2D eigenvalue weighted by molar-refractivity contribution is 0.364. The summed E-state index contributed by atoms with van der Waals surface area (Å²) in [6, 6.07) is 32.9. The minimum atomic E-state index is -3.92. The molecule has 2 aromatic heterocycles. The number of aromatic nitrogens is 4. The molecule has 70 heavy (non-hydrogen) atoms. The minimum absolute atomic E-state index is 0.0104. The Kier molecular flexibility index (Phi) is 19.8. The van der Waals surface area contributed by atoms with Crippen molar-refractivity contribution in [2.24, 2.45) is 0 Å². The topological polar surface area (TPSA) is 154 Å². The first-order chi connectivity index (χ1) is 33.3. The van der Waals surface area contributed by atoms with E-state index in [1.807, 2.05) is 156 Å². The lowest BCUT2D eigenvalue weighted by Crippen LogP contribution is -2.31. The molecule has 16 nitrogen and oxygen atoms in total. The number of nitrogens with zero attached hydrogens (tertiary/aromatic N) is 8. The third kappa shape index (κ3) is 15.0. The van der Waals surface area contributed by atoms with Gasteiger partial charge in [-0.05, 0) is 117 Å². The molecule has 0 bridgehead atoms. The lowest BCUT2D eigenvalue weighted by atomic mass is 10.1. The summed E-state index contributed by atoms with van der Waals surface area (Å²) in [4.78, 5) is 4.08. The molecule has 0 radical (unpaired) electrons. The van der Waals surface area contributed by atoms with Crippen molar-refractivity contribution in [3.63, 3.8) is 0 Å². The second kappa shape index (κ2) is 25.2. The van der Waals surface area contributed by atoms with E-state index >= 15 is 0 Å². The largest absolute Gasteiger partial charge is 0.497 e. The number of methoxy groups -OCH3 is 4. The number of likely N-dealkylation sites (N-methyl/N-ethyl adjacent to an activating group) is 2. The van der Waals surface area contributed by atoms with Crippen LogP contribution in [0.5, 0.6) is 23.0 Å². The van der Waals surface area contributed by atoms with Crippen molar-refractivity contribution < 1.29 is 35.8 Å². The first kappa shape index (κ1) is 54.9. The highest BCUT2D eigenvalue weighted by Crippen LogP contribution is 2.28. The molecule has 6 rings (SSSR count). The molecule has 0 aliphatic heterocycles. The number of rotatable bonds is 24. The molecule has 0 aliphatic rings. The van der Waals surface area contributed by atoms with Crippen LogP contribution in [0.2, 0.25) is 0 Å². The number of hydrogen-bond donors (Lipinski definition) is 0. The van der Waals surface area contributed by atoms with E-state index in [0.29, 0.717) is 30.3 Å². The van der Waals surface area contributed by atoms with Gasteiger partial charge in [0.15, 0.2) is 10.1 Å². The molecule has 0 N–H and O–H groups in total. The SMILES string of the molecule is C=C(C)c1cc(S(=O)(=O)N(Cc2ccc(OC)cc2)Cc2ccc(OC)cc2)nn1CCN(C)C.COc1ccc(CN(Cc2ccc(OC)cc2)S(=O)(=O)c2cc(C(C)C)n(CCN(C)C)n2)cc1. The maximum absolute atomic E-state index is 13.9. The van der Waals surface area contributed by atoms with Crippen LogP contribution in [-0.4, -0.2) is 125 Å². The Morgan fingerprint density at radius 1 is 0.529 bits per heavy atom. The fourth-order valence-corrected chi connectivity index (χ4v) is 9.99. The van der Waals surface area contributed by atoms with Crippen molar-refractivity contribution in [3.8, 4) is 23.0 Å². The van der Waals surface area contributed by atoms with Gasteiger partial charge >= 0.3 is 0 Å². The van der Waals surface area contributed by atoms with Crippen molar-refractivity contribution in [1.29, 1.82) is 0 Å². The van der Waals surface area contributed by atoms with Gasteiger partial charge in [0.25, 0.3) is 20.0 Å². The predicted molar refractivity (Wildman–Crippen MR) is 275 cm³/mol. The molecule has 2 heterocycles. The van der Waals surface area contributed by atoms with E-state index in [-0.39, 0.29) is 42.1 Å². The van der Waals surface area contributed by atoms with Gasteiger partial charge in [-0.15, -0.1) is 0 Å². The third-order valence-corrected chi connectivity index (χ3v) is 14.7. The van der Waals surface area contributed by atoms with E-state index in [9.17, 15) is 16.8 Å². The predicted octanol–water partition coefficient (Wildman–Crippen LogP) is 7.86. The number of allylic oxidation sites excluding steroid dienone is 1. The van der Waals surface area contributed by atoms with Gasteiger partial charge in [0, 0.05) is 57.1 Å². The molecule has 4 aromatic carbocycles. The maximum atomic E-state index is 13.9. The van der Waals surface area contributed by atoms with Crippen molar-refractivity contribution in [3.05, 3.63) is 149 Å². The summed E-state index contributed by atoms with van der Waals surface area (Å²) in [5.74, 6) is 3.01. The summed E-state index contributed by atoms with van der Waals surface area (Å²) in [6.07, 6.45) is 0. The highest BCUT2D eigenvalue weighted by atomic mass is 32.2. The second-order valence-corrected chi connectivity index (χ2v) is 21.5. The number of ether oxygens (including phenoxy) is 4. The molecular weight excluding hydrogens is 929 g/mol. The molecule has 378 valence electrons. The highest BCUT2D eigenvalue weighted by Gasteiger charge is 2.31. The van der Waals surface area contributed by atoms with Gasteiger partial charge in [-0.2, -0.15) is 18.8 Å². The Morgan fingerprint density at radius 3 is 1.11 bits per heavy atom. The van der Waals surface area contributed by atoms with Crippen LogP contribution in [0.4, 0.5) is 0 Å². The lowest BCUT2D eigenvalue weighted by Gasteiger charge is -2.21. The molecular formula is C52H70N8O8S2. The average molecular weight is 999 g/mol. The fraction of sp³-hybridized carbons (Fsp3) is 0.385. The summed E-state index contributed by atoms with van der Waals surface area (Å²) in [6.45, 7) is 13.4. The van der Waals surface area contributed by atoms with Crippen LogP contribution in [-0.2, 0) is 59.3 Å². The van der Waals surface area contributed by atoms with Gasteiger partial charge in [-0.25, -0.2) is 16.8 Å². The summed E-state index contributed by atoms with van der Waals surface area (Å²) in [5, 5.41) is 9.13. The summed E-state index contributed by atoms with van der Waals surface area (Å²) >= 11 is 0. The van der Waals surface area contributed by atoms with Crippen molar-refractivity contribution >= 4 is 25.6 Å². The molecule has 0 atom stereocenters. The van der Waals surface area contributed by atoms with Crippen LogP contribution in [0.15, 0.2) is 126 Å². The zero-order valence-electron chi connectivity index (χ0n) is 42.5. The van der Waals surface area contributed by atoms with E-state index in [1.54, 1.807) is 45.3 Å². The molecule has 0 saturated carbocycles. The normalized spacial score (nSPS) is 11.9. The minimum Gasteiger partial charge on any atom is -0.497 e. The van der Waals surface area contributed by atoms with E-state index < -0.39 is 20.0 Å². The molecule has 0 unspecified atom stereocenters. The quantitative estimate of drug-likeness (QED) is 0.0580. The molecule has 6 aromatic rings. The molecule has 0 amide bonds. The van der Waals surface area contributed by atoms with Crippen molar-refractivity contribution in [2.75, 3.05) is 69.7 Å². The van der Waals surface area contributed by atoms with Gasteiger partial charge in [-0.3, -0.25) is 9.36 Å². The van der Waals surface area contributed by atoms with E-state index in [0.717, 1.165) is 58.1 Å². The molecule has 0 fully saturated rings. The van der Waals surface area contributed by atoms with E-state index in [4.69, 9.17) is 18.9 Å². The van der Waals surface area contributed by atoms with Crippen LogP contribution >= 0.6 is 0 Å². The van der Waals surface area contributed by atoms with Gasteiger partial charge in [-0.1, -0.05) is 69.0 Å². The monoisotopic (exact) mass is 998 g/mol. The first-order valence-electron chi connectivity index (χ1n) is 22.9. The Balaban J connectivity index is 0.000000261. The smallest absolute Gasteiger partial charge is 0.263 e. The van der Waals surface area contributed by atoms with Crippen LogP contribution in [0.25, 0.3) is 5.57 Å². The highest BCUT2D eigenvalue weighted by molar-refractivity contribution is 7.89. The number of benzene rings is 4. The number of hydrogen-bond acceptors (Lipinski definition) is 12. The molecule has 0 saturated heterocycles. The summed E-state index contributed by atoms with van der Waals surface area (Å²) in [5.41, 5.74) is 5.77. The van der Waals surface area contributed by atoms with E-state index in [1.165, 1.54) is 8.61 Å². The van der Waals surface area contributed by atoms with Crippen LogP contribution in [0, 0.1) is 0 Å². The molecule has 0 spiro atoms. The Morgan fingerprint density at radius 2 is 0.829 bits per heavy atom. The zero-order chi connectivity index (χ0) is 51.2. The van der Waals surface area contributed by atoms with Crippen molar-refractivity contribution in [1.82, 2.24) is 38.0 Å². The second-order valence-electron chi connectivity index (χ2n) is 17.7. The maximum Gasteiger partial charge on any atom is 0.263 e. The molecule has 0 aliphatic carbocycles. The van der Waals surface area contributed by atoms with Crippen LogP contribution < -0.4 is 18.9 Å². The fourth-order valence-electron chi connectivity index (χ4n) is 7.25. The van der Waals surface area contributed by atoms with Gasteiger partial charge in [0.2, 0.25) is 0 Å². The molecule has 18 heteroatoms. The van der Waals surface area contributed by atoms with Crippen LogP contribution in [0.1, 0.15) is 60.3 Å². The van der Waals surface area contributed by atoms with Crippen molar-refractivity contribution in [2.45, 2.75) is 76.0 Å².